The average Bonchev–Trinajstić information content (AvgIpc) is 3.14. The number of aromatic nitrogens is 3. The average molecular weight is 425 g/mol. The molecule has 2 aromatic carbocycles. The fraction of sp³-hybridized carbons (Fsp3) is 0.261. The van der Waals surface area contributed by atoms with E-state index in [1.807, 2.05) is 53.6 Å². The van der Waals surface area contributed by atoms with Crippen molar-refractivity contribution in [3.8, 4) is 11.4 Å². The molecule has 0 unspecified atom stereocenters. The van der Waals surface area contributed by atoms with E-state index in [-0.39, 0.29) is 23.5 Å². The molecular formula is C23H25FN4OS. The molecule has 0 spiro atoms. The summed E-state index contributed by atoms with van der Waals surface area (Å²) in [6.07, 6.45) is 1.75. The van der Waals surface area contributed by atoms with Gasteiger partial charge < -0.3 is 4.90 Å². The van der Waals surface area contributed by atoms with Gasteiger partial charge in [-0.05, 0) is 43.7 Å². The highest BCUT2D eigenvalue weighted by Gasteiger charge is 2.20. The van der Waals surface area contributed by atoms with E-state index < -0.39 is 0 Å². The number of nitrogens with zero attached hydrogens (tertiary/aromatic N) is 4. The second-order valence-corrected chi connectivity index (χ2v) is 8.04. The molecule has 0 fully saturated rings. The van der Waals surface area contributed by atoms with Crippen molar-refractivity contribution in [2.45, 2.75) is 38.1 Å². The molecule has 3 aromatic rings. The summed E-state index contributed by atoms with van der Waals surface area (Å²) in [5.74, 6) is 0.607. The maximum atomic E-state index is 13.3. The lowest BCUT2D eigenvalue weighted by atomic mass is 10.2. The first kappa shape index (κ1) is 21.8. The van der Waals surface area contributed by atoms with Crippen molar-refractivity contribution in [1.82, 2.24) is 19.7 Å². The Morgan fingerprint density at radius 1 is 1.17 bits per heavy atom. The molecule has 0 aliphatic rings. The standard InChI is InChI=1S/C23H25FN4OS/c1-4-14-27-22(19-10-12-20(24)13-11-19)25-26-23(27)30-16-21(29)28(17(2)3)15-18-8-6-5-7-9-18/h4-13,17H,1,14-16H2,2-3H3. The minimum atomic E-state index is -0.305. The van der Waals surface area contributed by atoms with Crippen LogP contribution in [0.5, 0.6) is 0 Å². The molecule has 0 radical (unpaired) electrons. The van der Waals surface area contributed by atoms with Gasteiger partial charge >= 0.3 is 0 Å². The summed E-state index contributed by atoms with van der Waals surface area (Å²) in [6.45, 7) is 8.88. The van der Waals surface area contributed by atoms with Crippen LogP contribution in [-0.4, -0.2) is 37.4 Å². The van der Waals surface area contributed by atoms with Crippen molar-refractivity contribution in [1.29, 1.82) is 0 Å². The Morgan fingerprint density at radius 2 is 1.87 bits per heavy atom. The van der Waals surface area contributed by atoms with Crippen LogP contribution in [0.1, 0.15) is 19.4 Å². The number of thioether (sulfide) groups is 1. The number of hydrogen-bond donors (Lipinski definition) is 0. The molecule has 0 saturated carbocycles. The zero-order chi connectivity index (χ0) is 21.5. The number of hydrogen-bond acceptors (Lipinski definition) is 4. The third-order valence-corrected chi connectivity index (χ3v) is 5.55. The minimum Gasteiger partial charge on any atom is -0.335 e. The number of carbonyl (C=O) groups excluding carboxylic acids is 1. The summed E-state index contributed by atoms with van der Waals surface area (Å²) in [5.41, 5.74) is 1.86. The van der Waals surface area contributed by atoms with Gasteiger partial charge in [0.2, 0.25) is 5.91 Å². The fourth-order valence-corrected chi connectivity index (χ4v) is 3.88. The Balaban J connectivity index is 1.74. The molecular weight excluding hydrogens is 399 g/mol. The van der Waals surface area contributed by atoms with Crippen molar-refractivity contribution in [3.63, 3.8) is 0 Å². The number of carbonyl (C=O) groups is 1. The number of amides is 1. The Labute approximate surface area is 180 Å². The predicted molar refractivity (Wildman–Crippen MR) is 118 cm³/mol. The highest BCUT2D eigenvalue weighted by Crippen LogP contribution is 2.25. The second kappa shape index (κ2) is 10.2. The largest absolute Gasteiger partial charge is 0.335 e. The van der Waals surface area contributed by atoms with Gasteiger partial charge in [0.15, 0.2) is 11.0 Å². The Hall–Kier alpha value is -2.93. The number of rotatable bonds is 9. The van der Waals surface area contributed by atoms with E-state index in [1.54, 1.807) is 18.2 Å². The predicted octanol–water partition coefficient (Wildman–Crippen LogP) is 4.80. The summed E-state index contributed by atoms with van der Waals surface area (Å²) in [4.78, 5) is 14.8. The zero-order valence-corrected chi connectivity index (χ0v) is 18.0. The van der Waals surface area contributed by atoms with Gasteiger partial charge in [0.05, 0.1) is 5.75 Å². The number of allylic oxidation sites excluding steroid dienone is 1. The second-order valence-electron chi connectivity index (χ2n) is 7.10. The van der Waals surface area contributed by atoms with Crippen LogP contribution in [0, 0.1) is 5.82 Å². The van der Waals surface area contributed by atoms with Gasteiger partial charge in [-0.15, -0.1) is 16.8 Å². The third kappa shape index (κ3) is 5.36. The van der Waals surface area contributed by atoms with Crippen molar-refractivity contribution in [2.24, 2.45) is 0 Å². The van der Waals surface area contributed by atoms with Crippen LogP contribution in [0.25, 0.3) is 11.4 Å². The zero-order valence-electron chi connectivity index (χ0n) is 17.2. The molecule has 0 bridgehead atoms. The summed E-state index contributed by atoms with van der Waals surface area (Å²) < 4.78 is 15.1. The maximum Gasteiger partial charge on any atom is 0.233 e. The third-order valence-electron chi connectivity index (χ3n) is 4.60. The number of benzene rings is 2. The molecule has 3 rings (SSSR count). The van der Waals surface area contributed by atoms with E-state index in [0.717, 1.165) is 11.1 Å². The molecule has 1 heterocycles. The molecule has 5 nitrogen and oxygen atoms in total. The Morgan fingerprint density at radius 3 is 2.50 bits per heavy atom. The lowest BCUT2D eigenvalue weighted by Gasteiger charge is -2.26. The highest BCUT2D eigenvalue weighted by molar-refractivity contribution is 7.99. The van der Waals surface area contributed by atoms with Crippen LogP contribution in [0.2, 0.25) is 0 Å². The molecule has 1 amide bonds. The van der Waals surface area contributed by atoms with Gasteiger partial charge in [0, 0.05) is 24.7 Å². The first-order valence-corrected chi connectivity index (χ1v) is 10.7. The summed E-state index contributed by atoms with van der Waals surface area (Å²) in [5, 5.41) is 9.15. The minimum absolute atomic E-state index is 0.0374. The normalized spacial score (nSPS) is 10.9. The summed E-state index contributed by atoms with van der Waals surface area (Å²) in [6, 6.07) is 16.1. The molecule has 0 aliphatic carbocycles. The van der Waals surface area contributed by atoms with Gasteiger partial charge in [0.1, 0.15) is 5.82 Å². The van der Waals surface area contributed by atoms with Gasteiger partial charge in [-0.25, -0.2) is 4.39 Å². The van der Waals surface area contributed by atoms with Crippen LogP contribution >= 0.6 is 11.8 Å². The van der Waals surface area contributed by atoms with Crippen LogP contribution in [-0.2, 0) is 17.9 Å². The lowest BCUT2D eigenvalue weighted by molar-refractivity contribution is -0.130. The molecule has 0 atom stereocenters. The van der Waals surface area contributed by atoms with Crippen LogP contribution in [0.15, 0.2) is 72.4 Å². The molecule has 156 valence electrons. The van der Waals surface area contributed by atoms with E-state index in [0.29, 0.717) is 24.1 Å². The summed E-state index contributed by atoms with van der Waals surface area (Å²) in [7, 11) is 0. The molecule has 0 aliphatic heterocycles. The van der Waals surface area contributed by atoms with Crippen LogP contribution in [0.4, 0.5) is 4.39 Å². The molecule has 1 aromatic heterocycles. The quantitative estimate of drug-likeness (QED) is 0.366. The fourth-order valence-electron chi connectivity index (χ4n) is 3.05. The van der Waals surface area contributed by atoms with Crippen LogP contribution < -0.4 is 0 Å². The first-order valence-electron chi connectivity index (χ1n) is 9.75. The topological polar surface area (TPSA) is 51.0 Å². The van der Waals surface area contributed by atoms with E-state index in [4.69, 9.17) is 0 Å². The smallest absolute Gasteiger partial charge is 0.233 e. The van der Waals surface area contributed by atoms with Crippen molar-refractivity contribution >= 4 is 17.7 Å². The molecule has 0 N–H and O–H groups in total. The van der Waals surface area contributed by atoms with Crippen molar-refractivity contribution < 1.29 is 9.18 Å². The maximum absolute atomic E-state index is 13.3. The van der Waals surface area contributed by atoms with E-state index >= 15 is 0 Å². The highest BCUT2D eigenvalue weighted by atomic mass is 32.2. The molecule has 7 heteroatoms. The number of halogens is 1. The summed E-state index contributed by atoms with van der Waals surface area (Å²) >= 11 is 1.35. The van der Waals surface area contributed by atoms with Gasteiger partial charge in [-0.3, -0.25) is 9.36 Å². The lowest BCUT2D eigenvalue weighted by Crippen LogP contribution is -2.37. The van der Waals surface area contributed by atoms with E-state index in [1.165, 1.54) is 23.9 Å². The first-order chi connectivity index (χ1) is 14.5. The Kier molecular flexibility index (Phi) is 7.41. The monoisotopic (exact) mass is 424 g/mol. The molecule has 0 saturated heterocycles. The van der Waals surface area contributed by atoms with Crippen molar-refractivity contribution in [2.75, 3.05) is 5.75 Å². The van der Waals surface area contributed by atoms with Crippen LogP contribution in [0.3, 0.4) is 0 Å². The molecule has 30 heavy (non-hydrogen) atoms. The van der Waals surface area contributed by atoms with Gasteiger partial charge in [0.25, 0.3) is 0 Å². The Bertz CT molecular complexity index is 986. The van der Waals surface area contributed by atoms with Gasteiger partial charge in [-0.1, -0.05) is 48.2 Å². The SMILES string of the molecule is C=CCn1c(SCC(=O)N(Cc2ccccc2)C(C)C)nnc1-c1ccc(F)cc1. The van der Waals surface area contributed by atoms with E-state index in [2.05, 4.69) is 16.8 Å². The van der Waals surface area contributed by atoms with E-state index in [9.17, 15) is 9.18 Å². The van der Waals surface area contributed by atoms with Gasteiger partial charge in [-0.2, -0.15) is 0 Å². The van der Waals surface area contributed by atoms with Crippen molar-refractivity contribution in [3.05, 3.63) is 78.6 Å².